The van der Waals surface area contributed by atoms with Gasteiger partial charge in [-0.3, -0.25) is 9.59 Å². The molecule has 0 fully saturated rings. The summed E-state index contributed by atoms with van der Waals surface area (Å²) < 4.78 is 0. The van der Waals surface area contributed by atoms with Crippen LogP contribution in [0.4, 0.5) is 0 Å². The van der Waals surface area contributed by atoms with Gasteiger partial charge in [-0.1, -0.05) is 30.3 Å². The third kappa shape index (κ3) is 4.79. The second kappa shape index (κ2) is 7.06. The predicted molar refractivity (Wildman–Crippen MR) is 72.5 cm³/mol. The van der Waals surface area contributed by atoms with Crippen molar-refractivity contribution in [2.24, 2.45) is 0 Å². The minimum atomic E-state index is -0.890. The Labute approximate surface area is 111 Å². The van der Waals surface area contributed by atoms with Crippen molar-refractivity contribution in [3.63, 3.8) is 0 Å². The molecule has 1 aromatic rings. The van der Waals surface area contributed by atoms with Gasteiger partial charge in [0.25, 0.3) is 0 Å². The molecule has 98 valence electrons. The van der Waals surface area contributed by atoms with Gasteiger partial charge in [-0.2, -0.15) is 0 Å². The average Bonchev–Trinajstić information content (AvgIpc) is 2.36. The first kappa shape index (κ1) is 14.6. The van der Waals surface area contributed by atoms with Crippen LogP contribution < -0.4 is 0 Å². The van der Waals surface area contributed by atoms with Gasteiger partial charge in [0.05, 0.1) is 11.0 Å². The number of amides is 1. The van der Waals surface area contributed by atoms with E-state index in [-0.39, 0.29) is 11.7 Å². The first-order valence-corrected chi connectivity index (χ1v) is 6.68. The maximum Gasteiger partial charge on any atom is 0.316 e. The summed E-state index contributed by atoms with van der Waals surface area (Å²) in [5, 5.41) is 8.17. The zero-order chi connectivity index (χ0) is 13.5. The van der Waals surface area contributed by atoms with Crippen molar-refractivity contribution in [3.05, 3.63) is 35.9 Å². The summed E-state index contributed by atoms with van der Waals surface area (Å²) in [6, 6.07) is 9.69. The molecule has 0 aromatic heterocycles. The molecule has 0 aliphatic heterocycles. The molecule has 0 aliphatic carbocycles. The number of aliphatic carboxylic acids is 1. The molecule has 4 nitrogen and oxygen atoms in total. The van der Waals surface area contributed by atoms with E-state index < -0.39 is 11.2 Å². The van der Waals surface area contributed by atoms with E-state index in [4.69, 9.17) is 5.11 Å². The molecule has 0 spiro atoms. The average molecular weight is 267 g/mol. The van der Waals surface area contributed by atoms with Crippen molar-refractivity contribution >= 4 is 23.6 Å². The lowest BCUT2D eigenvalue weighted by atomic mass is 10.2. The maximum atomic E-state index is 11.8. The summed E-state index contributed by atoms with van der Waals surface area (Å²) in [4.78, 5) is 24.0. The number of rotatable bonds is 6. The summed E-state index contributed by atoms with van der Waals surface area (Å²) in [7, 11) is 1.72. The van der Waals surface area contributed by atoms with Crippen molar-refractivity contribution < 1.29 is 14.7 Å². The van der Waals surface area contributed by atoms with Crippen LogP contribution >= 0.6 is 11.8 Å². The zero-order valence-electron chi connectivity index (χ0n) is 10.5. The van der Waals surface area contributed by atoms with Gasteiger partial charge < -0.3 is 10.0 Å². The molecule has 1 aromatic carbocycles. The van der Waals surface area contributed by atoms with Crippen LogP contribution in [0.2, 0.25) is 0 Å². The number of carbonyl (C=O) groups is 2. The zero-order valence-corrected chi connectivity index (χ0v) is 11.3. The smallest absolute Gasteiger partial charge is 0.316 e. The highest BCUT2D eigenvalue weighted by atomic mass is 32.2. The van der Waals surface area contributed by atoms with E-state index in [0.29, 0.717) is 6.54 Å². The topological polar surface area (TPSA) is 57.6 Å². The number of benzene rings is 1. The van der Waals surface area contributed by atoms with Crippen LogP contribution in [-0.2, 0) is 16.1 Å². The molecule has 0 bridgehead atoms. The van der Waals surface area contributed by atoms with E-state index in [2.05, 4.69) is 0 Å². The Morgan fingerprint density at radius 2 is 1.94 bits per heavy atom. The molecule has 0 saturated heterocycles. The Hall–Kier alpha value is -1.49. The summed E-state index contributed by atoms with van der Waals surface area (Å²) in [6.07, 6.45) is 0. The lowest BCUT2D eigenvalue weighted by molar-refractivity contribution is -0.136. The van der Waals surface area contributed by atoms with Gasteiger partial charge in [-0.05, 0) is 12.5 Å². The molecule has 18 heavy (non-hydrogen) atoms. The fourth-order valence-electron chi connectivity index (χ4n) is 1.32. The SMILES string of the molecule is CC(SCC(=O)N(C)Cc1ccccc1)C(=O)O. The number of carboxylic acid groups (broad SMARTS) is 1. The molecule has 0 saturated carbocycles. The highest BCUT2D eigenvalue weighted by molar-refractivity contribution is 8.01. The molecule has 1 unspecified atom stereocenters. The fraction of sp³-hybridized carbons (Fsp3) is 0.385. The van der Waals surface area contributed by atoms with Crippen molar-refractivity contribution in [1.29, 1.82) is 0 Å². The monoisotopic (exact) mass is 267 g/mol. The van der Waals surface area contributed by atoms with Gasteiger partial charge in [0.1, 0.15) is 0 Å². The van der Waals surface area contributed by atoms with E-state index in [1.807, 2.05) is 30.3 Å². The predicted octanol–water partition coefficient (Wildman–Crippen LogP) is 1.85. The highest BCUT2D eigenvalue weighted by Crippen LogP contribution is 2.12. The molecular weight excluding hydrogens is 250 g/mol. The molecule has 1 N–H and O–H groups in total. The number of hydrogen-bond donors (Lipinski definition) is 1. The van der Waals surface area contributed by atoms with Gasteiger partial charge in [-0.15, -0.1) is 11.8 Å². The highest BCUT2D eigenvalue weighted by Gasteiger charge is 2.15. The molecule has 0 radical (unpaired) electrons. The second-order valence-electron chi connectivity index (χ2n) is 4.03. The Bertz CT molecular complexity index is 408. The van der Waals surface area contributed by atoms with Gasteiger partial charge in [0.15, 0.2) is 0 Å². The maximum absolute atomic E-state index is 11.8. The van der Waals surface area contributed by atoms with Crippen molar-refractivity contribution in [3.8, 4) is 0 Å². The quantitative estimate of drug-likeness (QED) is 0.854. The lowest BCUT2D eigenvalue weighted by Crippen LogP contribution is -2.29. The minimum Gasteiger partial charge on any atom is -0.480 e. The van der Waals surface area contributed by atoms with Gasteiger partial charge >= 0.3 is 5.97 Å². The number of thioether (sulfide) groups is 1. The molecule has 0 aliphatic rings. The van der Waals surface area contributed by atoms with E-state index in [1.165, 1.54) is 0 Å². The van der Waals surface area contributed by atoms with Gasteiger partial charge in [0, 0.05) is 13.6 Å². The molecule has 1 rings (SSSR count). The first-order valence-electron chi connectivity index (χ1n) is 5.63. The van der Waals surface area contributed by atoms with Crippen molar-refractivity contribution in [1.82, 2.24) is 4.90 Å². The number of carboxylic acids is 1. The third-order valence-corrected chi connectivity index (χ3v) is 3.61. The largest absolute Gasteiger partial charge is 0.480 e. The van der Waals surface area contributed by atoms with Crippen LogP contribution in [0.1, 0.15) is 12.5 Å². The summed E-state index contributed by atoms with van der Waals surface area (Å²) in [5.41, 5.74) is 1.06. The number of nitrogens with zero attached hydrogens (tertiary/aromatic N) is 1. The van der Waals surface area contributed by atoms with Gasteiger partial charge in [0.2, 0.25) is 5.91 Å². The van der Waals surface area contributed by atoms with Crippen LogP contribution in [0.15, 0.2) is 30.3 Å². The lowest BCUT2D eigenvalue weighted by Gasteiger charge is -2.17. The second-order valence-corrected chi connectivity index (χ2v) is 5.36. The van der Waals surface area contributed by atoms with E-state index >= 15 is 0 Å². The standard InChI is InChI=1S/C13H17NO3S/c1-10(13(16)17)18-9-12(15)14(2)8-11-6-4-3-5-7-11/h3-7,10H,8-9H2,1-2H3,(H,16,17). The Morgan fingerprint density at radius 3 is 2.50 bits per heavy atom. The molecule has 1 atom stereocenters. The Balaban J connectivity index is 2.40. The normalized spacial score (nSPS) is 11.9. The molecular formula is C13H17NO3S. The Kier molecular flexibility index (Phi) is 5.71. The number of carbonyl (C=O) groups excluding carboxylic acids is 1. The molecule has 5 heteroatoms. The minimum absolute atomic E-state index is 0.0584. The van der Waals surface area contributed by atoms with Crippen molar-refractivity contribution in [2.75, 3.05) is 12.8 Å². The summed E-state index contributed by atoms with van der Waals surface area (Å²) in [5.74, 6) is -0.757. The van der Waals surface area contributed by atoms with E-state index in [9.17, 15) is 9.59 Å². The van der Waals surface area contributed by atoms with Crippen LogP contribution in [0.25, 0.3) is 0 Å². The molecule has 0 heterocycles. The van der Waals surface area contributed by atoms with Crippen LogP contribution in [0, 0.1) is 0 Å². The van der Waals surface area contributed by atoms with Crippen LogP contribution in [0.5, 0.6) is 0 Å². The number of hydrogen-bond acceptors (Lipinski definition) is 3. The molecule has 1 amide bonds. The van der Waals surface area contributed by atoms with E-state index in [1.54, 1.807) is 18.9 Å². The van der Waals surface area contributed by atoms with Gasteiger partial charge in [-0.25, -0.2) is 0 Å². The summed E-state index contributed by atoms with van der Waals surface area (Å²) in [6.45, 7) is 2.12. The van der Waals surface area contributed by atoms with Crippen LogP contribution in [-0.4, -0.2) is 39.9 Å². The Morgan fingerprint density at radius 1 is 1.33 bits per heavy atom. The van der Waals surface area contributed by atoms with Crippen LogP contribution in [0.3, 0.4) is 0 Å². The van der Waals surface area contributed by atoms with Crippen molar-refractivity contribution in [2.45, 2.75) is 18.7 Å². The summed E-state index contributed by atoms with van der Waals surface area (Å²) >= 11 is 1.14. The first-order chi connectivity index (χ1) is 8.50. The third-order valence-electron chi connectivity index (χ3n) is 2.49. The van der Waals surface area contributed by atoms with E-state index in [0.717, 1.165) is 17.3 Å². The fourth-order valence-corrected chi connectivity index (χ4v) is 2.08.